The molecule has 0 spiro atoms. The summed E-state index contributed by atoms with van der Waals surface area (Å²) in [6, 6.07) is 0. The number of aromatic amines is 1. The van der Waals surface area contributed by atoms with Gasteiger partial charge in [-0.15, -0.1) is 13.0 Å². The van der Waals surface area contributed by atoms with Gasteiger partial charge in [-0.05, 0) is 80.0 Å². The average molecular weight is 537 g/mol. The molecule has 6 heteroatoms. The average Bonchev–Trinajstić information content (AvgIpc) is 3.34. The van der Waals surface area contributed by atoms with Crippen LogP contribution in [-0.2, 0) is 6.42 Å². The Morgan fingerprint density at radius 3 is 2.32 bits per heavy atom. The summed E-state index contributed by atoms with van der Waals surface area (Å²) in [5.74, 6) is 6.44. The minimum absolute atomic E-state index is 0. The van der Waals surface area contributed by atoms with Crippen LogP contribution in [0.15, 0.2) is 68.3 Å². The molecule has 2 aliphatic heterocycles. The maximum atomic E-state index is 8.50. The molecule has 1 aromatic heterocycles. The number of nitrogens with two attached hydrogens (primary N) is 1. The number of rotatable bonds is 8. The van der Waals surface area contributed by atoms with E-state index in [2.05, 4.69) is 78.3 Å². The summed E-state index contributed by atoms with van der Waals surface area (Å²) in [7, 11) is 0. The zero-order valence-corrected chi connectivity index (χ0v) is 28.1. The molecule has 1 aromatic rings. The Balaban J connectivity index is 0.00000507. The zero-order valence-electron chi connectivity index (χ0n) is 24.9. The molecule has 0 atom stereocenters. The number of aliphatic imine (C=N–C) groups is 1. The molecule has 198 valence electrons. The third-order valence-corrected chi connectivity index (χ3v) is 7.73. The number of hydrogen-bond donors (Lipinski definition) is 2. The summed E-state index contributed by atoms with van der Waals surface area (Å²) in [6.45, 7) is 21.1. The third kappa shape index (κ3) is 6.54. The largest absolute Gasteiger partial charge is 1.00 e. The maximum absolute atomic E-state index is 8.50. The molecule has 0 radical (unpaired) electrons. The molecule has 38 heavy (non-hydrogen) atoms. The molecule has 0 amide bonds. The fourth-order valence-electron chi connectivity index (χ4n) is 5.30. The van der Waals surface area contributed by atoms with Crippen molar-refractivity contribution in [3.8, 4) is 0 Å². The fourth-order valence-corrected chi connectivity index (χ4v) is 5.30. The van der Waals surface area contributed by atoms with E-state index in [4.69, 9.17) is 16.6 Å². The van der Waals surface area contributed by atoms with E-state index in [0.717, 1.165) is 71.9 Å². The number of nitrogens with one attached hydrogen (secondary N) is 2. The molecule has 2 aliphatic rings. The Labute approximate surface area is 272 Å². The molecule has 3 heterocycles. The van der Waals surface area contributed by atoms with E-state index >= 15 is 0 Å². The summed E-state index contributed by atoms with van der Waals surface area (Å²) in [4.78, 5) is 8.67. The van der Waals surface area contributed by atoms with Gasteiger partial charge in [-0.3, -0.25) is 11.1 Å². The van der Waals surface area contributed by atoms with E-state index < -0.39 is 0 Å². The Kier molecular flexibility index (Phi) is 12.1. The smallest absolute Gasteiger partial charge is 0.784 e. The zero-order chi connectivity index (χ0) is 27.4. The first-order valence-electron chi connectivity index (χ1n) is 13.4. The summed E-state index contributed by atoms with van der Waals surface area (Å²) >= 11 is 0. The molecule has 0 saturated carbocycles. The predicted molar refractivity (Wildman–Crippen MR) is 159 cm³/mol. The summed E-state index contributed by atoms with van der Waals surface area (Å²) < 4.78 is 0. The van der Waals surface area contributed by atoms with Gasteiger partial charge < -0.3 is 16.4 Å². The number of aromatic nitrogens is 1. The first-order chi connectivity index (χ1) is 17.6. The second-order valence-corrected chi connectivity index (χ2v) is 9.76. The monoisotopic (exact) mass is 536 g/mol. The van der Waals surface area contributed by atoms with E-state index in [1.54, 1.807) is 5.01 Å². The number of nitrogens with zero attached hydrogens (tertiary/aromatic N) is 2. The SMILES string of the molecule is C=C1CC(CC)=C(C)/C(=C/C2=NC(=C\c3[nH]c(/C=C(\[NH-])C(=[C-]C)CC)c(C)c3CC)/C(C)=C2CC)N1N.[K+]. The van der Waals surface area contributed by atoms with Gasteiger partial charge in [0.05, 0.1) is 17.1 Å². The van der Waals surface area contributed by atoms with Crippen LogP contribution < -0.4 is 57.2 Å². The molecule has 0 unspecified atom stereocenters. The molecule has 0 bridgehead atoms. The van der Waals surface area contributed by atoms with Crippen LogP contribution in [0, 0.1) is 13.0 Å². The maximum Gasteiger partial charge on any atom is 1.00 e. The van der Waals surface area contributed by atoms with Crippen LogP contribution in [0.5, 0.6) is 0 Å². The molecule has 0 saturated heterocycles. The van der Waals surface area contributed by atoms with Gasteiger partial charge >= 0.3 is 51.4 Å². The summed E-state index contributed by atoms with van der Waals surface area (Å²) in [5.41, 5.74) is 23.2. The number of allylic oxidation sites excluding steroid dienone is 7. The van der Waals surface area contributed by atoms with Crippen molar-refractivity contribution in [3.05, 3.63) is 97.6 Å². The molecular formula is C32H43KN5-. The van der Waals surface area contributed by atoms with Crippen LogP contribution in [0.4, 0.5) is 0 Å². The minimum atomic E-state index is 0. The minimum Gasteiger partial charge on any atom is -0.784 e. The van der Waals surface area contributed by atoms with Gasteiger partial charge in [0.2, 0.25) is 0 Å². The Morgan fingerprint density at radius 1 is 1.08 bits per heavy atom. The molecule has 5 nitrogen and oxygen atoms in total. The predicted octanol–water partition coefficient (Wildman–Crippen LogP) is 5.67. The van der Waals surface area contributed by atoms with Crippen molar-refractivity contribution >= 4 is 17.9 Å². The van der Waals surface area contributed by atoms with E-state index in [1.807, 2.05) is 13.0 Å². The second kappa shape index (κ2) is 14.1. The van der Waals surface area contributed by atoms with Crippen LogP contribution in [0.1, 0.15) is 96.7 Å². The van der Waals surface area contributed by atoms with Crippen molar-refractivity contribution in [3.63, 3.8) is 0 Å². The van der Waals surface area contributed by atoms with Gasteiger partial charge in [-0.1, -0.05) is 46.3 Å². The van der Waals surface area contributed by atoms with Crippen molar-refractivity contribution in [2.45, 2.75) is 87.5 Å². The van der Waals surface area contributed by atoms with Gasteiger partial charge in [0.15, 0.2) is 0 Å². The fraction of sp³-hybridized carbons (Fsp3) is 0.406. The van der Waals surface area contributed by atoms with E-state index in [-0.39, 0.29) is 51.4 Å². The van der Waals surface area contributed by atoms with Gasteiger partial charge in [0.1, 0.15) is 0 Å². The molecule has 0 aliphatic carbocycles. The van der Waals surface area contributed by atoms with Crippen LogP contribution in [0.3, 0.4) is 0 Å². The Hall–Kier alpha value is -1.67. The normalized spacial score (nSPS) is 19.2. The van der Waals surface area contributed by atoms with Crippen LogP contribution >= 0.6 is 0 Å². The van der Waals surface area contributed by atoms with Gasteiger partial charge in [-0.2, -0.15) is 0 Å². The molecule has 0 aromatic carbocycles. The number of H-pyrrole nitrogens is 1. The topological polar surface area (TPSA) is 81.2 Å². The van der Waals surface area contributed by atoms with Crippen LogP contribution in [0.25, 0.3) is 17.9 Å². The molecule has 3 rings (SSSR count). The van der Waals surface area contributed by atoms with Crippen LogP contribution in [-0.4, -0.2) is 15.7 Å². The molecule has 0 fully saturated rings. The van der Waals surface area contributed by atoms with E-state index in [1.165, 1.54) is 33.4 Å². The Morgan fingerprint density at radius 2 is 1.76 bits per heavy atom. The first kappa shape index (κ1) is 32.5. The van der Waals surface area contributed by atoms with Gasteiger partial charge in [0, 0.05) is 23.5 Å². The van der Waals surface area contributed by atoms with Gasteiger partial charge in [-0.25, -0.2) is 16.4 Å². The molecular weight excluding hydrogens is 493 g/mol. The van der Waals surface area contributed by atoms with Crippen molar-refractivity contribution in [1.29, 1.82) is 0 Å². The van der Waals surface area contributed by atoms with Crippen molar-refractivity contribution < 1.29 is 51.4 Å². The van der Waals surface area contributed by atoms with E-state index in [9.17, 15) is 0 Å². The molecule has 4 N–H and O–H groups in total. The van der Waals surface area contributed by atoms with Crippen LogP contribution in [0.2, 0.25) is 0 Å². The number of hydrazine groups is 1. The standard InChI is InChI=1S/C32H43N5.K/c1-10-23(11-2)27(33)16-28-21(8)25(13-4)30(35-28)17-29-22(9)26(14-5)31(36-29)18-32-20(7)24(12-3)15-19(6)37(32)34;/h16-18,33,35H,6,10,12-15,34H2,1-5,7-9H3;/q-2;+1/b27-16-,29-17-,32-18-;. The van der Waals surface area contributed by atoms with E-state index in [0.29, 0.717) is 5.70 Å². The van der Waals surface area contributed by atoms with Gasteiger partial charge in [0.25, 0.3) is 0 Å². The Bertz CT molecular complexity index is 1310. The summed E-state index contributed by atoms with van der Waals surface area (Å²) in [5, 5.41) is 1.72. The quantitative estimate of drug-likeness (QED) is 0.194. The second-order valence-electron chi connectivity index (χ2n) is 9.76. The van der Waals surface area contributed by atoms with Crippen molar-refractivity contribution in [2.24, 2.45) is 10.8 Å². The van der Waals surface area contributed by atoms with Crippen molar-refractivity contribution in [1.82, 2.24) is 9.99 Å². The number of hydrogen-bond acceptors (Lipinski definition) is 3. The van der Waals surface area contributed by atoms with Crippen molar-refractivity contribution in [2.75, 3.05) is 0 Å². The summed E-state index contributed by atoms with van der Waals surface area (Å²) in [6.07, 6.45) is 13.7. The first-order valence-corrected chi connectivity index (χ1v) is 13.4. The third-order valence-electron chi connectivity index (χ3n) is 7.73.